The molecule has 0 spiro atoms. The maximum absolute atomic E-state index is 4.81. The van der Waals surface area contributed by atoms with Crippen molar-refractivity contribution < 1.29 is 0 Å². The van der Waals surface area contributed by atoms with Gasteiger partial charge < -0.3 is 10.2 Å². The van der Waals surface area contributed by atoms with Gasteiger partial charge in [0.2, 0.25) is 0 Å². The van der Waals surface area contributed by atoms with Crippen LogP contribution in [-0.4, -0.2) is 28.6 Å². The summed E-state index contributed by atoms with van der Waals surface area (Å²) < 4.78 is 0. The first kappa shape index (κ1) is 17.9. The highest BCUT2D eigenvalue weighted by molar-refractivity contribution is 5.50. The van der Waals surface area contributed by atoms with Crippen LogP contribution in [-0.2, 0) is 6.54 Å². The molecule has 0 aliphatic heterocycles. The summed E-state index contributed by atoms with van der Waals surface area (Å²) in [5, 5.41) is 3.49. The monoisotopic (exact) mass is 292 g/mol. The Labute approximate surface area is 130 Å². The minimum Gasteiger partial charge on any atom is -0.366 e. The van der Waals surface area contributed by atoms with E-state index in [2.05, 4.69) is 63.7 Å². The fourth-order valence-electron chi connectivity index (χ4n) is 2.27. The number of nitrogens with zero attached hydrogens (tertiary/aromatic N) is 3. The fourth-order valence-corrected chi connectivity index (χ4v) is 2.27. The molecule has 0 radical (unpaired) electrons. The quantitative estimate of drug-likeness (QED) is 0.793. The molecule has 1 aromatic heterocycles. The average Bonchev–Trinajstić information content (AvgIpc) is 2.42. The van der Waals surface area contributed by atoms with E-state index in [1.807, 2.05) is 6.20 Å². The van der Waals surface area contributed by atoms with E-state index in [4.69, 9.17) is 4.98 Å². The predicted octanol–water partition coefficient (Wildman–Crippen LogP) is 3.72. The van der Waals surface area contributed by atoms with Crippen molar-refractivity contribution >= 4 is 5.69 Å². The van der Waals surface area contributed by atoms with Crippen LogP contribution >= 0.6 is 0 Å². The highest BCUT2D eigenvalue weighted by atomic mass is 15.2. The van der Waals surface area contributed by atoms with Crippen molar-refractivity contribution in [1.82, 2.24) is 15.3 Å². The number of aromatic nitrogens is 2. The molecule has 0 aromatic carbocycles. The van der Waals surface area contributed by atoms with Crippen LogP contribution in [0.25, 0.3) is 0 Å². The third kappa shape index (κ3) is 5.27. The smallest absolute Gasteiger partial charge is 0.131 e. The van der Waals surface area contributed by atoms with Gasteiger partial charge in [-0.25, -0.2) is 9.97 Å². The van der Waals surface area contributed by atoms with Gasteiger partial charge in [0, 0.05) is 31.1 Å². The molecule has 0 atom stereocenters. The topological polar surface area (TPSA) is 41.1 Å². The Kier molecular flexibility index (Phi) is 7.09. The molecule has 1 heterocycles. The minimum atomic E-state index is 0.357. The molecule has 0 bridgehead atoms. The van der Waals surface area contributed by atoms with Gasteiger partial charge in [0.15, 0.2) is 0 Å². The molecule has 0 aliphatic carbocycles. The van der Waals surface area contributed by atoms with E-state index in [0.717, 1.165) is 31.0 Å². The van der Waals surface area contributed by atoms with Gasteiger partial charge in [-0.05, 0) is 20.3 Å². The summed E-state index contributed by atoms with van der Waals surface area (Å²) in [7, 11) is 0. The van der Waals surface area contributed by atoms with Crippen molar-refractivity contribution in [3.63, 3.8) is 0 Å². The minimum absolute atomic E-state index is 0.357. The normalized spacial score (nSPS) is 11.7. The Morgan fingerprint density at radius 1 is 1.14 bits per heavy atom. The van der Waals surface area contributed by atoms with Gasteiger partial charge >= 0.3 is 0 Å². The van der Waals surface area contributed by atoms with Crippen LogP contribution < -0.4 is 10.2 Å². The van der Waals surface area contributed by atoms with Crippen molar-refractivity contribution in [2.75, 3.05) is 11.4 Å². The highest BCUT2D eigenvalue weighted by Gasteiger charge is 2.17. The number of hydrogen-bond acceptors (Lipinski definition) is 4. The standard InChI is InChI=1S/C17H32N4/c1-8-9-21(14(6)7)16-11-19-17(12(2)3)20-15(16)10-18-13(4)5/h11-14,18H,8-10H2,1-7H3. The van der Waals surface area contributed by atoms with Gasteiger partial charge in [-0.2, -0.15) is 0 Å². The number of nitrogens with one attached hydrogen (secondary N) is 1. The van der Waals surface area contributed by atoms with Crippen LogP contribution in [0.4, 0.5) is 5.69 Å². The van der Waals surface area contributed by atoms with Gasteiger partial charge in [-0.3, -0.25) is 0 Å². The van der Waals surface area contributed by atoms with Crippen LogP contribution in [0, 0.1) is 0 Å². The molecule has 1 N–H and O–H groups in total. The van der Waals surface area contributed by atoms with Crippen LogP contribution in [0.3, 0.4) is 0 Å². The molecule has 0 fully saturated rings. The molecule has 21 heavy (non-hydrogen) atoms. The summed E-state index contributed by atoms with van der Waals surface area (Å²) in [5.41, 5.74) is 2.29. The first-order valence-electron chi connectivity index (χ1n) is 8.22. The summed E-state index contributed by atoms with van der Waals surface area (Å²) in [6, 6.07) is 0.908. The molecule has 120 valence electrons. The number of anilines is 1. The zero-order valence-electron chi connectivity index (χ0n) is 14.8. The van der Waals surface area contributed by atoms with Crippen LogP contribution in [0.15, 0.2) is 6.20 Å². The lowest BCUT2D eigenvalue weighted by molar-refractivity contribution is 0.571. The molecule has 0 aliphatic rings. The van der Waals surface area contributed by atoms with Gasteiger partial charge in [0.1, 0.15) is 5.82 Å². The lowest BCUT2D eigenvalue weighted by Gasteiger charge is -2.30. The zero-order chi connectivity index (χ0) is 16.0. The van der Waals surface area contributed by atoms with E-state index < -0.39 is 0 Å². The van der Waals surface area contributed by atoms with Crippen LogP contribution in [0.2, 0.25) is 0 Å². The molecule has 0 unspecified atom stereocenters. The van der Waals surface area contributed by atoms with E-state index in [0.29, 0.717) is 18.0 Å². The zero-order valence-corrected chi connectivity index (χ0v) is 14.8. The molecular formula is C17H32N4. The maximum Gasteiger partial charge on any atom is 0.131 e. The summed E-state index contributed by atoms with van der Waals surface area (Å²) in [4.78, 5) is 11.8. The molecular weight excluding hydrogens is 260 g/mol. The summed E-state index contributed by atoms with van der Waals surface area (Å²) in [6.45, 7) is 17.1. The van der Waals surface area contributed by atoms with Crippen molar-refractivity contribution in [2.24, 2.45) is 0 Å². The Bertz CT molecular complexity index is 427. The third-order valence-corrected chi connectivity index (χ3v) is 3.46. The van der Waals surface area contributed by atoms with Crippen molar-refractivity contribution in [3.8, 4) is 0 Å². The number of rotatable bonds is 8. The largest absolute Gasteiger partial charge is 0.366 e. The highest BCUT2D eigenvalue weighted by Crippen LogP contribution is 2.23. The third-order valence-electron chi connectivity index (χ3n) is 3.46. The van der Waals surface area contributed by atoms with E-state index in [1.54, 1.807) is 0 Å². The first-order valence-corrected chi connectivity index (χ1v) is 8.22. The molecule has 1 aromatic rings. The molecule has 0 saturated heterocycles. The van der Waals surface area contributed by atoms with E-state index in [9.17, 15) is 0 Å². The second-order valence-corrected chi connectivity index (χ2v) is 6.54. The molecule has 0 amide bonds. The van der Waals surface area contributed by atoms with E-state index >= 15 is 0 Å². The number of hydrogen-bond donors (Lipinski definition) is 1. The summed E-state index contributed by atoms with van der Waals surface area (Å²) in [5.74, 6) is 1.29. The molecule has 0 saturated carbocycles. The van der Waals surface area contributed by atoms with Gasteiger partial charge in [0.05, 0.1) is 17.6 Å². The van der Waals surface area contributed by atoms with E-state index in [-0.39, 0.29) is 0 Å². The fraction of sp³-hybridized carbons (Fsp3) is 0.765. The van der Waals surface area contributed by atoms with E-state index in [1.165, 1.54) is 5.69 Å². The summed E-state index contributed by atoms with van der Waals surface area (Å²) in [6.07, 6.45) is 3.14. The molecule has 4 nitrogen and oxygen atoms in total. The average molecular weight is 292 g/mol. The Hall–Kier alpha value is -1.16. The van der Waals surface area contributed by atoms with Crippen molar-refractivity contribution in [1.29, 1.82) is 0 Å². The Balaban J connectivity index is 3.14. The summed E-state index contributed by atoms with van der Waals surface area (Å²) >= 11 is 0. The first-order chi connectivity index (χ1) is 9.86. The van der Waals surface area contributed by atoms with Crippen molar-refractivity contribution in [3.05, 3.63) is 17.7 Å². The van der Waals surface area contributed by atoms with Crippen molar-refractivity contribution in [2.45, 2.75) is 79.4 Å². The molecule has 1 rings (SSSR count). The lowest BCUT2D eigenvalue weighted by Crippen LogP contribution is -2.34. The lowest BCUT2D eigenvalue weighted by atomic mass is 10.1. The van der Waals surface area contributed by atoms with Gasteiger partial charge in [-0.15, -0.1) is 0 Å². The molecule has 4 heteroatoms. The van der Waals surface area contributed by atoms with Gasteiger partial charge in [-0.1, -0.05) is 34.6 Å². The Morgan fingerprint density at radius 3 is 2.29 bits per heavy atom. The second kappa shape index (κ2) is 8.32. The maximum atomic E-state index is 4.81. The predicted molar refractivity (Wildman–Crippen MR) is 90.9 cm³/mol. The van der Waals surface area contributed by atoms with Crippen LogP contribution in [0.1, 0.15) is 72.3 Å². The second-order valence-electron chi connectivity index (χ2n) is 6.54. The SMILES string of the molecule is CCCN(c1cnc(C(C)C)nc1CNC(C)C)C(C)C. The van der Waals surface area contributed by atoms with Crippen LogP contribution in [0.5, 0.6) is 0 Å². The van der Waals surface area contributed by atoms with Gasteiger partial charge in [0.25, 0.3) is 0 Å². The Morgan fingerprint density at radius 2 is 1.81 bits per heavy atom.